The van der Waals surface area contributed by atoms with Crippen LogP contribution in [0.4, 0.5) is 4.39 Å². The molecule has 1 aromatic heterocycles. The first kappa shape index (κ1) is 13.5. The van der Waals surface area contributed by atoms with Gasteiger partial charge in [0.1, 0.15) is 5.82 Å². The highest BCUT2D eigenvalue weighted by Crippen LogP contribution is 2.26. The van der Waals surface area contributed by atoms with Crippen molar-refractivity contribution >= 4 is 9.84 Å². The van der Waals surface area contributed by atoms with Gasteiger partial charge in [0.05, 0.1) is 11.1 Å². The van der Waals surface area contributed by atoms with Gasteiger partial charge in [-0.15, -0.1) is 0 Å². The van der Waals surface area contributed by atoms with Crippen LogP contribution in [0.2, 0.25) is 0 Å². The molecular formula is C15H10FNO3S. The Bertz CT molecular complexity index is 873. The number of rotatable bonds is 3. The standard InChI is InChI=1S/C15H10FNO3S/c16-12-6-4-5-11(9-12)14-10-17-15(20-14)21(18,19)13-7-2-1-3-8-13/h1-10H. The average Bonchev–Trinajstić information content (AvgIpc) is 2.99. The molecule has 0 saturated carbocycles. The van der Waals surface area contributed by atoms with Crippen LogP contribution in [0, 0.1) is 5.82 Å². The van der Waals surface area contributed by atoms with E-state index in [0.29, 0.717) is 5.56 Å². The first-order valence-corrected chi connectivity index (χ1v) is 7.57. The molecule has 106 valence electrons. The van der Waals surface area contributed by atoms with E-state index in [-0.39, 0.29) is 10.7 Å². The van der Waals surface area contributed by atoms with E-state index in [9.17, 15) is 12.8 Å². The fourth-order valence-electron chi connectivity index (χ4n) is 1.86. The minimum absolute atomic E-state index is 0.0950. The highest BCUT2D eigenvalue weighted by atomic mass is 32.2. The number of hydrogen-bond acceptors (Lipinski definition) is 4. The van der Waals surface area contributed by atoms with Gasteiger partial charge in [0.25, 0.3) is 9.84 Å². The average molecular weight is 303 g/mol. The molecule has 0 bridgehead atoms. The maximum absolute atomic E-state index is 13.2. The van der Waals surface area contributed by atoms with Crippen molar-refractivity contribution in [1.82, 2.24) is 4.98 Å². The van der Waals surface area contributed by atoms with E-state index in [0.717, 1.165) is 0 Å². The molecule has 3 aromatic rings. The van der Waals surface area contributed by atoms with Gasteiger partial charge in [-0.3, -0.25) is 0 Å². The summed E-state index contributed by atoms with van der Waals surface area (Å²) in [5.74, 6) is -0.236. The first-order valence-electron chi connectivity index (χ1n) is 6.09. The van der Waals surface area contributed by atoms with Crippen LogP contribution >= 0.6 is 0 Å². The predicted octanol–water partition coefficient (Wildman–Crippen LogP) is 3.31. The monoisotopic (exact) mass is 303 g/mol. The van der Waals surface area contributed by atoms with E-state index in [2.05, 4.69) is 4.98 Å². The highest BCUT2D eigenvalue weighted by molar-refractivity contribution is 7.91. The molecule has 0 aliphatic rings. The van der Waals surface area contributed by atoms with Crippen LogP contribution in [0.5, 0.6) is 0 Å². The van der Waals surface area contributed by atoms with E-state index in [4.69, 9.17) is 4.42 Å². The summed E-state index contributed by atoms with van der Waals surface area (Å²) in [4.78, 5) is 3.89. The summed E-state index contributed by atoms with van der Waals surface area (Å²) < 4.78 is 43.1. The Morgan fingerprint density at radius 1 is 1.00 bits per heavy atom. The topological polar surface area (TPSA) is 60.2 Å². The SMILES string of the molecule is O=S(=O)(c1ccccc1)c1ncc(-c2cccc(F)c2)o1. The van der Waals surface area contributed by atoms with Crippen LogP contribution in [0.3, 0.4) is 0 Å². The maximum Gasteiger partial charge on any atom is 0.320 e. The fourth-order valence-corrected chi connectivity index (χ4v) is 2.97. The van der Waals surface area contributed by atoms with Gasteiger partial charge in [-0.2, -0.15) is 0 Å². The molecule has 2 aromatic carbocycles. The maximum atomic E-state index is 13.2. The Balaban J connectivity index is 2.03. The molecule has 0 aliphatic heterocycles. The normalized spacial score (nSPS) is 11.5. The van der Waals surface area contributed by atoms with Crippen molar-refractivity contribution in [2.24, 2.45) is 0 Å². The summed E-state index contributed by atoms with van der Waals surface area (Å²) in [6, 6.07) is 13.5. The van der Waals surface area contributed by atoms with Gasteiger partial charge in [0.15, 0.2) is 5.76 Å². The minimum atomic E-state index is -3.81. The lowest BCUT2D eigenvalue weighted by atomic mass is 10.2. The van der Waals surface area contributed by atoms with Gasteiger partial charge in [-0.1, -0.05) is 30.3 Å². The molecule has 0 fully saturated rings. The molecule has 0 saturated heterocycles. The molecule has 3 rings (SSSR count). The fraction of sp³-hybridized carbons (Fsp3) is 0. The molecule has 6 heteroatoms. The van der Waals surface area contributed by atoms with Crippen LogP contribution in [0.1, 0.15) is 0 Å². The summed E-state index contributed by atoms with van der Waals surface area (Å²) in [6.07, 6.45) is 1.27. The smallest absolute Gasteiger partial charge is 0.320 e. The lowest BCUT2D eigenvalue weighted by Crippen LogP contribution is -2.01. The zero-order valence-electron chi connectivity index (χ0n) is 10.7. The van der Waals surface area contributed by atoms with Crippen molar-refractivity contribution in [3.05, 3.63) is 66.6 Å². The number of halogens is 1. The van der Waals surface area contributed by atoms with Gasteiger partial charge in [0, 0.05) is 5.56 Å². The second-order valence-corrected chi connectivity index (χ2v) is 6.14. The Morgan fingerprint density at radius 3 is 2.48 bits per heavy atom. The van der Waals surface area contributed by atoms with Crippen LogP contribution in [0.15, 0.2) is 75.3 Å². The van der Waals surface area contributed by atoms with E-state index >= 15 is 0 Å². The van der Waals surface area contributed by atoms with Crippen LogP contribution < -0.4 is 0 Å². The largest absolute Gasteiger partial charge is 0.428 e. The quantitative estimate of drug-likeness (QED) is 0.744. The summed E-state index contributed by atoms with van der Waals surface area (Å²) in [5, 5.41) is -0.409. The van der Waals surface area contributed by atoms with E-state index in [1.54, 1.807) is 24.3 Å². The second kappa shape index (κ2) is 5.14. The van der Waals surface area contributed by atoms with Crippen molar-refractivity contribution < 1.29 is 17.2 Å². The molecule has 1 heterocycles. The van der Waals surface area contributed by atoms with Crippen molar-refractivity contribution in [2.45, 2.75) is 10.1 Å². The lowest BCUT2D eigenvalue weighted by molar-refractivity contribution is 0.440. The summed E-state index contributed by atoms with van der Waals surface area (Å²) >= 11 is 0. The lowest BCUT2D eigenvalue weighted by Gasteiger charge is -1.99. The Hall–Kier alpha value is -2.47. The van der Waals surface area contributed by atoms with Crippen LogP contribution in [-0.4, -0.2) is 13.4 Å². The molecule has 4 nitrogen and oxygen atoms in total. The number of benzene rings is 2. The number of hydrogen-bond donors (Lipinski definition) is 0. The van der Waals surface area contributed by atoms with Crippen molar-refractivity contribution in [3.63, 3.8) is 0 Å². The third-order valence-corrected chi connectivity index (χ3v) is 4.42. The Kier molecular flexibility index (Phi) is 3.31. The van der Waals surface area contributed by atoms with E-state index < -0.39 is 20.9 Å². The Labute approximate surface area is 120 Å². The van der Waals surface area contributed by atoms with Gasteiger partial charge < -0.3 is 4.42 Å². The Morgan fingerprint density at radius 2 is 1.76 bits per heavy atom. The molecule has 0 unspecified atom stereocenters. The number of oxazole rings is 1. The molecule has 0 aliphatic carbocycles. The van der Waals surface area contributed by atoms with E-state index in [1.807, 2.05) is 0 Å². The van der Waals surface area contributed by atoms with Crippen molar-refractivity contribution in [2.75, 3.05) is 0 Å². The molecule has 0 radical (unpaired) electrons. The molecule has 0 atom stereocenters. The second-order valence-electron chi connectivity index (χ2n) is 4.32. The highest BCUT2D eigenvalue weighted by Gasteiger charge is 2.23. The zero-order valence-corrected chi connectivity index (χ0v) is 11.5. The summed E-state index contributed by atoms with van der Waals surface area (Å²) in [5.41, 5.74) is 0.428. The molecule has 0 spiro atoms. The number of sulfone groups is 1. The third-order valence-electron chi connectivity index (χ3n) is 2.88. The van der Waals surface area contributed by atoms with Crippen molar-refractivity contribution in [1.29, 1.82) is 0 Å². The van der Waals surface area contributed by atoms with E-state index in [1.165, 1.54) is 36.5 Å². The number of nitrogens with zero attached hydrogens (tertiary/aromatic N) is 1. The zero-order chi connectivity index (χ0) is 14.9. The molecule has 0 amide bonds. The molecular weight excluding hydrogens is 293 g/mol. The minimum Gasteiger partial charge on any atom is -0.428 e. The van der Waals surface area contributed by atoms with Crippen molar-refractivity contribution in [3.8, 4) is 11.3 Å². The third kappa shape index (κ3) is 2.57. The predicted molar refractivity (Wildman–Crippen MR) is 73.8 cm³/mol. The summed E-state index contributed by atoms with van der Waals surface area (Å²) in [7, 11) is -3.81. The molecule has 0 N–H and O–H groups in total. The molecule has 21 heavy (non-hydrogen) atoms. The van der Waals surface area contributed by atoms with Gasteiger partial charge in [-0.05, 0) is 24.3 Å². The first-order chi connectivity index (χ1) is 10.1. The summed E-state index contributed by atoms with van der Waals surface area (Å²) in [6.45, 7) is 0. The van der Waals surface area contributed by atoms with Gasteiger partial charge in [-0.25, -0.2) is 17.8 Å². The van der Waals surface area contributed by atoms with Crippen LogP contribution in [-0.2, 0) is 9.84 Å². The van der Waals surface area contributed by atoms with Gasteiger partial charge >= 0.3 is 5.22 Å². The van der Waals surface area contributed by atoms with Gasteiger partial charge in [0.2, 0.25) is 0 Å². The number of aromatic nitrogens is 1. The van der Waals surface area contributed by atoms with Crippen LogP contribution in [0.25, 0.3) is 11.3 Å².